The smallest absolute Gasteiger partial charge is 0.267 e. The minimum absolute atomic E-state index is 0.0588. The maximum Gasteiger partial charge on any atom is 0.267 e. The number of rotatable bonds is 3. The molecule has 1 heterocycles. The molecule has 0 bridgehead atoms. The number of amides is 1. The Kier molecular flexibility index (Phi) is 4.11. The number of benzene rings is 1. The molecule has 1 aliphatic heterocycles. The predicted octanol–water partition coefficient (Wildman–Crippen LogP) is 2.07. The number of nitrogens with zero attached hydrogens (tertiary/aromatic N) is 1. The van der Waals surface area contributed by atoms with E-state index < -0.39 is 6.10 Å². The average Bonchev–Trinajstić information content (AvgIpc) is 2.44. The summed E-state index contributed by atoms with van der Waals surface area (Å²) in [6.07, 6.45) is -0.564. The summed E-state index contributed by atoms with van der Waals surface area (Å²) in [6.45, 7) is 2.24. The Hall–Kier alpha value is -1.23. The summed E-state index contributed by atoms with van der Waals surface area (Å²) in [5.74, 6) is 1.26. The highest BCUT2D eigenvalue weighted by Gasteiger charge is 2.30. The van der Waals surface area contributed by atoms with Crippen molar-refractivity contribution in [2.75, 3.05) is 19.0 Å². The monoisotopic (exact) mass is 313 g/mol. The number of carbonyl (C=O) groups is 1. The van der Waals surface area contributed by atoms with E-state index in [-0.39, 0.29) is 18.6 Å². The number of ether oxygens (including phenoxy) is 2. The number of para-hydroxylation sites is 2. The molecule has 1 aromatic rings. The summed E-state index contributed by atoms with van der Waals surface area (Å²) < 4.78 is 11.2. The van der Waals surface area contributed by atoms with Gasteiger partial charge in [0.25, 0.3) is 5.91 Å². The maximum atomic E-state index is 12.2. The molecule has 18 heavy (non-hydrogen) atoms. The molecule has 1 aromatic carbocycles. The molecular formula is C13H16BrNO3. The van der Waals surface area contributed by atoms with Crippen molar-refractivity contribution in [2.24, 2.45) is 0 Å². The second-order valence-corrected chi connectivity index (χ2v) is 4.96. The van der Waals surface area contributed by atoms with Gasteiger partial charge in [-0.05, 0) is 19.1 Å². The van der Waals surface area contributed by atoms with Crippen LogP contribution in [-0.2, 0) is 4.79 Å². The second kappa shape index (κ2) is 5.61. The molecule has 0 saturated heterocycles. The minimum atomic E-state index is -0.564. The van der Waals surface area contributed by atoms with Crippen LogP contribution in [0, 0.1) is 0 Å². The molecule has 0 aliphatic carbocycles. The Bertz CT molecular complexity index is 438. The SMILES string of the molecule is CC(CBr)N(C)C(=O)C1COc2ccccc2O1. The third kappa shape index (κ3) is 2.61. The third-order valence-corrected chi connectivity index (χ3v) is 3.95. The molecule has 4 nitrogen and oxygen atoms in total. The lowest BCUT2D eigenvalue weighted by molar-refractivity contribution is -0.141. The molecule has 0 fully saturated rings. The van der Waals surface area contributed by atoms with Crippen molar-refractivity contribution < 1.29 is 14.3 Å². The Morgan fingerprint density at radius 1 is 1.50 bits per heavy atom. The van der Waals surface area contributed by atoms with Crippen LogP contribution in [0.2, 0.25) is 0 Å². The fourth-order valence-electron chi connectivity index (χ4n) is 1.69. The van der Waals surface area contributed by atoms with Crippen LogP contribution in [0.3, 0.4) is 0 Å². The first-order valence-corrected chi connectivity index (χ1v) is 6.96. The molecule has 0 N–H and O–H groups in total. The molecule has 1 aliphatic rings. The zero-order valence-electron chi connectivity index (χ0n) is 10.4. The van der Waals surface area contributed by atoms with Crippen molar-refractivity contribution in [1.29, 1.82) is 0 Å². The van der Waals surface area contributed by atoms with Gasteiger partial charge in [-0.2, -0.15) is 0 Å². The molecule has 2 unspecified atom stereocenters. The predicted molar refractivity (Wildman–Crippen MR) is 72.4 cm³/mol. The second-order valence-electron chi connectivity index (χ2n) is 4.32. The topological polar surface area (TPSA) is 38.8 Å². The molecule has 0 aromatic heterocycles. The van der Waals surface area contributed by atoms with Crippen LogP contribution in [0.5, 0.6) is 11.5 Å². The normalized spacial score (nSPS) is 19.2. The van der Waals surface area contributed by atoms with Gasteiger partial charge in [-0.25, -0.2) is 0 Å². The van der Waals surface area contributed by atoms with Crippen LogP contribution in [0.25, 0.3) is 0 Å². The molecular weight excluding hydrogens is 298 g/mol. The number of hydrogen-bond donors (Lipinski definition) is 0. The van der Waals surface area contributed by atoms with Crippen molar-refractivity contribution in [1.82, 2.24) is 4.90 Å². The van der Waals surface area contributed by atoms with Crippen molar-refractivity contribution in [3.63, 3.8) is 0 Å². The first kappa shape index (κ1) is 13.2. The lowest BCUT2D eigenvalue weighted by Crippen LogP contribution is -2.48. The Balaban J connectivity index is 2.07. The molecule has 5 heteroatoms. The molecule has 2 atom stereocenters. The maximum absolute atomic E-state index is 12.2. The quantitative estimate of drug-likeness (QED) is 0.802. The van der Waals surface area contributed by atoms with Gasteiger partial charge < -0.3 is 14.4 Å². The van der Waals surface area contributed by atoms with Crippen LogP contribution in [0.1, 0.15) is 6.92 Å². The molecule has 0 radical (unpaired) electrons. The van der Waals surface area contributed by atoms with E-state index in [1.807, 2.05) is 31.2 Å². The Morgan fingerprint density at radius 3 is 2.83 bits per heavy atom. The number of halogens is 1. The highest BCUT2D eigenvalue weighted by atomic mass is 79.9. The fourth-order valence-corrected chi connectivity index (χ4v) is 2.12. The minimum Gasteiger partial charge on any atom is -0.485 e. The van der Waals surface area contributed by atoms with E-state index in [0.29, 0.717) is 11.5 Å². The summed E-state index contributed by atoms with van der Waals surface area (Å²) >= 11 is 3.37. The zero-order valence-corrected chi connectivity index (χ0v) is 12.0. The number of fused-ring (bicyclic) bond motifs is 1. The standard InChI is InChI=1S/C13H16BrNO3/c1-9(7-14)15(2)13(16)12-8-17-10-5-3-4-6-11(10)18-12/h3-6,9,12H,7-8H2,1-2H3. The van der Waals surface area contributed by atoms with Crippen LogP contribution < -0.4 is 9.47 Å². The van der Waals surface area contributed by atoms with Gasteiger partial charge in [-0.15, -0.1) is 0 Å². The summed E-state index contributed by atoms with van der Waals surface area (Å²) in [5, 5.41) is 0.736. The lowest BCUT2D eigenvalue weighted by atomic mass is 10.2. The van der Waals surface area contributed by atoms with E-state index in [2.05, 4.69) is 15.9 Å². The van der Waals surface area contributed by atoms with E-state index in [0.717, 1.165) is 5.33 Å². The van der Waals surface area contributed by atoms with Crippen LogP contribution in [-0.4, -0.2) is 41.9 Å². The van der Waals surface area contributed by atoms with Crippen LogP contribution in [0.15, 0.2) is 24.3 Å². The largest absolute Gasteiger partial charge is 0.485 e. The van der Waals surface area contributed by atoms with Gasteiger partial charge in [0.1, 0.15) is 6.61 Å². The van der Waals surface area contributed by atoms with Crippen LogP contribution >= 0.6 is 15.9 Å². The van der Waals surface area contributed by atoms with Gasteiger partial charge in [0, 0.05) is 18.4 Å². The van der Waals surface area contributed by atoms with Gasteiger partial charge in [-0.3, -0.25) is 4.79 Å². The van der Waals surface area contributed by atoms with Crippen molar-refractivity contribution >= 4 is 21.8 Å². The lowest BCUT2D eigenvalue weighted by Gasteiger charge is -2.31. The van der Waals surface area contributed by atoms with Gasteiger partial charge in [0.05, 0.1) is 0 Å². The summed E-state index contributed by atoms with van der Waals surface area (Å²) in [6, 6.07) is 7.51. The third-order valence-electron chi connectivity index (χ3n) is 3.02. The van der Waals surface area contributed by atoms with E-state index in [1.165, 1.54) is 0 Å². The van der Waals surface area contributed by atoms with E-state index in [1.54, 1.807) is 11.9 Å². The molecule has 0 saturated carbocycles. The van der Waals surface area contributed by atoms with E-state index in [4.69, 9.17) is 9.47 Å². The number of hydrogen-bond acceptors (Lipinski definition) is 3. The van der Waals surface area contributed by atoms with Crippen molar-refractivity contribution in [3.8, 4) is 11.5 Å². The van der Waals surface area contributed by atoms with Crippen LogP contribution in [0.4, 0.5) is 0 Å². The van der Waals surface area contributed by atoms with Gasteiger partial charge in [0.2, 0.25) is 6.10 Å². The Labute approximate surface area is 115 Å². The van der Waals surface area contributed by atoms with E-state index >= 15 is 0 Å². The average molecular weight is 314 g/mol. The number of carbonyl (C=O) groups excluding carboxylic acids is 1. The highest BCUT2D eigenvalue weighted by molar-refractivity contribution is 9.09. The fraction of sp³-hybridized carbons (Fsp3) is 0.462. The van der Waals surface area contributed by atoms with Crippen molar-refractivity contribution in [3.05, 3.63) is 24.3 Å². The van der Waals surface area contributed by atoms with Crippen molar-refractivity contribution in [2.45, 2.75) is 19.1 Å². The summed E-state index contributed by atoms with van der Waals surface area (Å²) in [4.78, 5) is 13.9. The summed E-state index contributed by atoms with van der Waals surface area (Å²) in [7, 11) is 1.78. The van der Waals surface area contributed by atoms with Gasteiger partial charge in [0.15, 0.2) is 11.5 Å². The number of alkyl halides is 1. The number of likely N-dealkylation sites (N-methyl/N-ethyl adjacent to an activating group) is 1. The molecule has 1 amide bonds. The first-order chi connectivity index (χ1) is 8.63. The zero-order chi connectivity index (χ0) is 13.1. The van der Waals surface area contributed by atoms with E-state index in [9.17, 15) is 4.79 Å². The molecule has 2 rings (SSSR count). The first-order valence-electron chi connectivity index (χ1n) is 5.84. The molecule has 98 valence electrons. The highest BCUT2D eigenvalue weighted by Crippen LogP contribution is 2.31. The van der Waals surface area contributed by atoms with Gasteiger partial charge >= 0.3 is 0 Å². The van der Waals surface area contributed by atoms with Gasteiger partial charge in [-0.1, -0.05) is 28.1 Å². The molecule has 0 spiro atoms. The Morgan fingerprint density at radius 2 is 2.17 bits per heavy atom. The summed E-state index contributed by atoms with van der Waals surface area (Å²) in [5.41, 5.74) is 0.